The normalized spacial score (nSPS) is 14.2. The van der Waals surface area contributed by atoms with Gasteiger partial charge in [0.25, 0.3) is 0 Å². The molecule has 1 N–H and O–H groups in total. The lowest BCUT2D eigenvalue weighted by atomic mass is 9.71. The molecule has 0 aromatic heterocycles. The van der Waals surface area contributed by atoms with Gasteiger partial charge in [-0.1, -0.05) is 82.7 Å². The second-order valence-corrected chi connectivity index (χ2v) is 9.69. The lowest BCUT2D eigenvalue weighted by molar-refractivity contribution is 0.00394. The van der Waals surface area contributed by atoms with Crippen molar-refractivity contribution in [3.63, 3.8) is 0 Å². The number of hydrogen-bond donors (Lipinski definition) is 1. The molecule has 4 aromatic carbocycles. The number of halogens is 1. The third-order valence-corrected chi connectivity index (χ3v) is 6.78. The van der Waals surface area contributed by atoms with Crippen LogP contribution >= 0.6 is 15.9 Å². The molecule has 0 heterocycles. The van der Waals surface area contributed by atoms with Crippen molar-refractivity contribution in [3.05, 3.63) is 112 Å². The maximum Gasteiger partial charge on any atom is 0.123 e. The average molecular weight is 504 g/mol. The van der Waals surface area contributed by atoms with E-state index in [-0.39, 0.29) is 5.92 Å². The molecule has 0 unspecified atom stereocenters. The van der Waals surface area contributed by atoms with Crippen LogP contribution in [0.25, 0.3) is 10.8 Å². The van der Waals surface area contributed by atoms with Crippen LogP contribution in [0.15, 0.2) is 95.5 Å². The smallest absolute Gasteiger partial charge is 0.123 e. The Morgan fingerprint density at radius 2 is 1.55 bits per heavy atom. The number of fused-ring (bicyclic) bond motifs is 1. The Bertz CT molecular complexity index is 1210. The van der Waals surface area contributed by atoms with Gasteiger partial charge in [-0.25, -0.2) is 0 Å². The van der Waals surface area contributed by atoms with Gasteiger partial charge in [0.05, 0.1) is 7.11 Å². The van der Waals surface area contributed by atoms with Gasteiger partial charge in [-0.05, 0) is 66.7 Å². The standard InChI is InChI=1S/C29H30BrNO2/c1-31(2)17-16-29(32,24-12-8-5-9-13-24)28(21-10-6-4-7-11-21)26-19-23-18-25(30)15-14-22(23)20-27(26)33-3/h4-15,18-20,28,32H,16-17H2,1-3H3/t28-,29+/m1/s1. The highest BCUT2D eigenvalue weighted by atomic mass is 79.9. The van der Waals surface area contributed by atoms with Crippen LogP contribution in [-0.4, -0.2) is 37.8 Å². The first-order chi connectivity index (χ1) is 15.9. The second-order valence-electron chi connectivity index (χ2n) is 8.77. The van der Waals surface area contributed by atoms with E-state index >= 15 is 0 Å². The van der Waals surface area contributed by atoms with E-state index in [1.807, 2.05) is 68.7 Å². The van der Waals surface area contributed by atoms with E-state index in [0.29, 0.717) is 6.42 Å². The first-order valence-corrected chi connectivity index (χ1v) is 12.0. The SMILES string of the molecule is COc1cc2ccc(Br)cc2cc1[C@@H](c1ccccc1)[C@](O)(CCN(C)C)c1ccccc1. The van der Waals surface area contributed by atoms with Gasteiger partial charge < -0.3 is 14.7 Å². The minimum Gasteiger partial charge on any atom is -0.496 e. The van der Waals surface area contributed by atoms with Crippen LogP contribution in [0.1, 0.15) is 29.0 Å². The Kier molecular flexibility index (Phi) is 7.18. The topological polar surface area (TPSA) is 32.7 Å². The van der Waals surface area contributed by atoms with E-state index in [2.05, 4.69) is 57.2 Å². The zero-order chi connectivity index (χ0) is 23.4. The molecule has 0 amide bonds. The van der Waals surface area contributed by atoms with Crippen LogP contribution in [-0.2, 0) is 5.60 Å². The molecular formula is C29H30BrNO2. The Labute approximate surface area is 204 Å². The number of aliphatic hydroxyl groups is 1. The van der Waals surface area contributed by atoms with Crippen molar-refractivity contribution in [2.45, 2.75) is 17.9 Å². The molecule has 3 nitrogen and oxygen atoms in total. The molecule has 33 heavy (non-hydrogen) atoms. The summed E-state index contributed by atoms with van der Waals surface area (Å²) in [6, 6.07) is 30.8. The molecule has 0 spiro atoms. The molecule has 0 saturated heterocycles. The first-order valence-electron chi connectivity index (χ1n) is 11.2. The number of nitrogens with zero attached hydrogens (tertiary/aromatic N) is 1. The minimum atomic E-state index is -1.14. The maximum atomic E-state index is 12.6. The summed E-state index contributed by atoms with van der Waals surface area (Å²) in [7, 11) is 5.78. The number of rotatable bonds is 8. The van der Waals surface area contributed by atoms with Crippen molar-refractivity contribution in [2.75, 3.05) is 27.7 Å². The molecule has 2 atom stereocenters. The van der Waals surface area contributed by atoms with Gasteiger partial charge in [0, 0.05) is 22.5 Å². The summed E-state index contributed by atoms with van der Waals surface area (Å²) in [6.45, 7) is 0.746. The first kappa shape index (κ1) is 23.5. The molecular weight excluding hydrogens is 474 g/mol. The number of methoxy groups -OCH3 is 1. The molecule has 170 valence electrons. The summed E-state index contributed by atoms with van der Waals surface area (Å²) in [4.78, 5) is 2.12. The van der Waals surface area contributed by atoms with Crippen LogP contribution in [0.2, 0.25) is 0 Å². The minimum absolute atomic E-state index is 0.320. The molecule has 0 aliphatic rings. The third-order valence-electron chi connectivity index (χ3n) is 6.29. The van der Waals surface area contributed by atoms with E-state index in [9.17, 15) is 5.11 Å². The number of ether oxygens (including phenoxy) is 1. The molecule has 0 aliphatic heterocycles. The van der Waals surface area contributed by atoms with Crippen molar-refractivity contribution in [2.24, 2.45) is 0 Å². The number of benzene rings is 4. The summed E-state index contributed by atoms with van der Waals surface area (Å²) in [5, 5.41) is 14.8. The zero-order valence-corrected chi connectivity index (χ0v) is 20.9. The Morgan fingerprint density at radius 3 is 2.18 bits per heavy atom. The van der Waals surface area contributed by atoms with E-state index in [1.165, 1.54) is 0 Å². The fourth-order valence-corrected chi connectivity index (χ4v) is 4.98. The van der Waals surface area contributed by atoms with Gasteiger partial charge in [0.2, 0.25) is 0 Å². The molecule has 0 aliphatic carbocycles. The van der Waals surface area contributed by atoms with Gasteiger partial charge in [0.1, 0.15) is 11.4 Å². The average Bonchev–Trinajstić information content (AvgIpc) is 2.83. The van der Waals surface area contributed by atoms with Crippen LogP contribution in [0.3, 0.4) is 0 Å². The van der Waals surface area contributed by atoms with Gasteiger partial charge in [0.15, 0.2) is 0 Å². The lowest BCUT2D eigenvalue weighted by Gasteiger charge is -2.39. The molecule has 4 heteroatoms. The molecule has 0 fully saturated rings. The highest BCUT2D eigenvalue weighted by Gasteiger charge is 2.41. The van der Waals surface area contributed by atoms with Crippen LogP contribution < -0.4 is 4.74 Å². The van der Waals surface area contributed by atoms with E-state index in [0.717, 1.165) is 44.2 Å². The van der Waals surface area contributed by atoms with Crippen LogP contribution in [0, 0.1) is 0 Å². The Morgan fingerprint density at radius 1 is 0.879 bits per heavy atom. The van der Waals surface area contributed by atoms with Crippen LogP contribution in [0.5, 0.6) is 5.75 Å². The summed E-state index contributed by atoms with van der Waals surface area (Å²) >= 11 is 3.61. The van der Waals surface area contributed by atoms with E-state index in [1.54, 1.807) is 7.11 Å². The van der Waals surface area contributed by atoms with Crippen molar-refractivity contribution in [1.82, 2.24) is 4.90 Å². The van der Waals surface area contributed by atoms with Crippen molar-refractivity contribution in [1.29, 1.82) is 0 Å². The lowest BCUT2D eigenvalue weighted by Crippen LogP contribution is -2.37. The fraction of sp³-hybridized carbons (Fsp3) is 0.241. The monoisotopic (exact) mass is 503 g/mol. The summed E-state index contributed by atoms with van der Waals surface area (Å²) in [6.07, 6.45) is 0.573. The largest absolute Gasteiger partial charge is 0.496 e. The van der Waals surface area contributed by atoms with Gasteiger partial charge >= 0.3 is 0 Å². The van der Waals surface area contributed by atoms with E-state index in [4.69, 9.17) is 4.74 Å². The maximum absolute atomic E-state index is 12.6. The predicted octanol–water partition coefficient (Wildman–Crippen LogP) is 6.58. The summed E-state index contributed by atoms with van der Waals surface area (Å²) in [5.74, 6) is 0.456. The summed E-state index contributed by atoms with van der Waals surface area (Å²) in [5.41, 5.74) is 1.78. The van der Waals surface area contributed by atoms with Crippen molar-refractivity contribution >= 4 is 26.7 Å². The van der Waals surface area contributed by atoms with Gasteiger partial charge in [-0.15, -0.1) is 0 Å². The molecule has 0 bridgehead atoms. The Hall–Kier alpha value is -2.66. The van der Waals surface area contributed by atoms with E-state index < -0.39 is 5.60 Å². The quantitative estimate of drug-likeness (QED) is 0.294. The Balaban J connectivity index is 2.00. The highest BCUT2D eigenvalue weighted by molar-refractivity contribution is 9.10. The molecule has 4 rings (SSSR count). The fourth-order valence-electron chi connectivity index (χ4n) is 4.60. The summed E-state index contributed by atoms with van der Waals surface area (Å²) < 4.78 is 6.93. The number of hydrogen-bond acceptors (Lipinski definition) is 3. The van der Waals surface area contributed by atoms with Gasteiger partial charge in [-0.3, -0.25) is 0 Å². The highest BCUT2D eigenvalue weighted by Crippen LogP contribution is 2.48. The third kappa shape index (κ3) is 4.98. The second kappa shape index (κ2) is 10.1. The van der Waals surface area contributed by atoms with Crippen molar-refractivity contribution < 1.29 is 9.84 Å². The van der Waals surface area contributed by atoms with Crippen molar-refractivity contribution in [3.8, 4) is 5.75 Å². The predicted molar refractivity (Wildman–Crippen MR) is 140 cm³/mol. The molecule has 4 aromatic rings. The molecule has 0 saturated carbocycles. The zero-order valence-electron chi connectivity index (χ0n) is 19.3. The van der Waals surface area contributed by atoms with Gasteiger partial charge in [-0.2, -0.15) is 0 Å². The molecule has 0 radical (unpaired) electrons. The van der Waals surface area contributed by atoms with Crippen LogP contribution in [0.4, 0.5) is 0 Å².